The lowest BCUT2D eigenvalue weighted by Crippen LogP contribution is -2.27. The molecule has 0 unspecified atom stereocenters. The van der Waals surface area contributed by atoms with Gasteiger partial charge in [-0.3, -0.25) is 0 Å². The highest BCUT2D eigenvalue weighted by Gasteiger charge is 2.40. The Morgan fingerprint density at radius 1 is 0.652 bits per heavy atom. The van der Waals surface area contributed by atoms with E-state index in [0.717, 1.165) is 54.5 Å². The normalized spacial score (nSPS) is 12.6. The van der Waals surface area contributed by atoms with Crippen LogP contribution in [0.25, 0.3) is 48.1 Å². The lowest BCUT2D eigenvalue weighted by molar-refractivity contribution is 0.111. The number of aliphatic imine (C=N–C) groups is 2. The van der Waals surface area contributed by atoms with Gasteiger partial charge in [-0.25, -0.2) is 9.98 Å². The Morgan fingerprint density at radius 3 is 1.63 bits per heavy atom. The van der Waals surface area contributed by atoms with Gasteiger partial charge < -0.3 is 14.2 Å². The molecule has 0 amide bonds. The smallest absolute Gasteiger partial charge is 0.219 e. The van der Waals surface area contributed by atoms with Crippen molar-refractivity contribution < 1.29 is 14.2 Å². The van der Waals surface area contributed by atoms with Crippen molar-refractivity contribution in [3.8, 4) is 70.8 Å². The van der Waals surface area contributed by atoms with E-state index in [1.807, 2.05) is 12.1 Å². The van der Waals surface area contributed by atoms with Crippen LogP contribution in [0.4, 0.5) is 10.0 Å². The van der Waals surface area contributed by atoms with Crippen LogP contribution in [0.3, 0.4) is 0 Å². The molecule has 15 heteroatoms. The molecule has 9 nitrogen and oxygen atoms in total. The molecule has 6 aromatic rings. The number of hydrogen-bond acceptors (Lipinski definition) is 15. The lowest BCUT2D eigenvalue weighted by Gasteiger charge is -2.31. The number of nitriles is 4. The van der Waals surface area contributed by atoms with Crippen LogP contribution in [0.2, 0.25) is 0 Å². The fraction of sp³-hybridized carbons (Fsp3) is 0.161. The Kier molecular flexibility index (Phi) is 7.42. The van der Waals surface area contributed by atoms with Gasteiger partial charge in [0.15, 0.2) is 5.75 Å². The van der Waals surface area contributed by atoms with E-state index in [4.69, 9.17) is 35.3 Å². The maximum absolute atomic E-state index is 9.14. The van der Waals surface area contributed by atoms with E-state index in [2.05, 4.69) is 36.0 Å². The minimum absolute atomic E-state index is 0.201. The summed E-state index contributed by atoms with van der Waals surface area (Å²) in [5.74, 6) is 2.16. The van der Waals surface area contributed by atoms with Crippen LogP contribution >= 0.6 is 68.0 Å². The molecule has 0 radical (unpaired) electrons. The predicted molar refractivity (Wildman–Crippen MR) is 188 cm³/mol. The molecule has 7 heterocycles. The second-order valence-corrected chi connectivity index (χ2v) is 16.4. The number of nitrogens with zero attached hydrogens (tertiary/aromatic N) is 6. The third-order valence-corrected chi connectivity index (χ3v) is 14.3. The van der Waals surface area contributed by atoms with Crippen molar-refractivity contribution in [1.29, 1.82) is 21.0 Å². The highest BCUT2D eigenvalue weighted by molar-refractivity contribution is 7.37. The van der Waals surface area contributed by atoms with Crippen molar-refractivity contribution in [2.24, 2.45) is 9.98 Å². The molecule has 0 saturated heterocycles. The van der Waals surface area contributed by atoms with Gasteiger partial charge in [0.1, 0.15) is 51.4 Å². The van der Waals surface area contributed by atoms with Crippen molar-refractivity contribution in [2.75, 3.05) is 14.2 Å². The molecule has 1 aliphatic rings. The fourth-order valence-electron chi connectivity index (χ4n) is 5.09. The minimum atomic E-state index is -0.599. The summed E-state index contributed by atoms with van der Waals surface area (Å²) in [6.07, 6.45) is 0. The van der Waals surface area contributed by atoms with E-state index in [9.17, 15) is 0 Å². The molecule has 6 aromatic heterocycles. The van der Waals surface area contributed by atoms with Crippen LogP contribution in [-0.4, -0.2) is 25.6 Å². The van der Waals surface area contributed by atoms with E-state index >= 15 is 0 Å². The largest absolute Gasteiger partial charge is 0.495 e. The van der Waals surface area contributed by atoms with Crippen molar-refractivity contribution in [3.05, 3.63) is 29.8 Å². The zero-order valence-electron chi connectivity index (χ0n) is 24.2. The molecular formula is C31H16N6O3S6. The van der Waals surface area contributed by atoms with Crippen LogP contribution in [0.15, 0.2) is 34.3 Å². The first-order chi connectivity index (χ1) is 22.2. The van der Waals surface area contributed by atoms with Crippen LogP contribution < -0.4 is 14.2 Å². The standard InChI is InChI=1S/C31H16N6O3S6/c1-31(2)23-27-19(7-17(41-27)25-15(38-3)5-21(45-25)36-13(9-32)10-33)43-29(23)30-24(40-31)28-20(44-30)8-18(42-28)26-16(39-4)6-22(46-26)37-14(11-34)12-35/h5-8H,1-4H3. The summed E-state index contributed by atoms with van der Waals surface area (Å²) in [5, 5.41) is 37.6. The fourth-order valence-corrected chi connectivity index (χ4v) is 12.9. The lowest BCUT2D eigenvalue weighted by atomic mass is 9.95. The highest BCUT2D eigenvalue weighted by atomic mass is 32.1. The minimum Gasteiger partial charge on any atom is -0.495 e. The quantitative estimate of drug-likeness (QED) is 0.156. The Morgan fingerprint density at radius 2 is 1.13 bits per heavy atom. The van der Waals surface area contributed by atoms with E-state index in [1.165, 1.54) is 27.6 Å². The monoisotopic (exact) mass is 712 g/mol. The predicted octanol–water partition coefficient (Wildman–Crippen LogP) is 10.2. The number of methoxy groups -OCH3 is 2. The van der Waals surface area contributed by atoms with E-state index in [-0.39, 0.29) is 11.4 Å². The molecule has 1 aliphatic heterocycles. The number of thiophene rings is 6. The summed E-state index contributed by atoms with van der Waals surface area (Å²) < 4.78 is 22.5. The molecule has 0 atom stereocenters. The van der Waals surface area contributed by atoms with Crippen LogP contribution in [-0.2, 0) is 5.60 Å². The molecule has 0 spiro atoms. The van der Waals surface area contributed by atoms with Gasteiger partial charge in [0, 0.05) is 22.4 Å². The molecular weight excluding hydrogens is 697 g/mol. The Hall–Kier alpha value is -4.58. The molecule has 0 aromatic carbocycles. The van der Waals surface area contributed by atoms with Crippen molar-refractivity contribution in [2.45, 2.75) is 19.4 Å². The van der Waals surface area contributed by atoms with Gasteiger partial charge >= 0.3 is 0 Å². The van der Waals surface area contributed by atoms with Gasteiger partial charge in [0.05, 0.1) is 57.6 Å². The number of hydrogen-bond donors (Lipinski definition) is 0. The van der Waals surface area contributed by atoms with E-state index < -0.39 is 5.60 Å². The Labute approximate surface area is 286 Å². The molecule has 0 bridgehead atoms. The molecule has 7 rings (SSSR count). The van der Waals surface area contributed by atoms with Crippen LogP contribution in [0, 0.1) is 45.3 Å². The maximum Gasteiger partial charge on any atom is 0.219 e. The summed E-state index contributed by atoms with van der Waals surface area (Å²) in [7, 11) is 3.19. The van der Waals surface area contributed by atoms with Gasteiger partial charge in [-0.15, -0.1) is 68.0 Å². The number of ether oxygens (including phenoxy) is 3. The first kappa shape index (κ1) is 30.1. The molecule has 0 N–H and O–H groups in total. The van der Waals surface area contributed by atoms with E-state index in [0.29, 0.717) is 21.5 Å². The van der Waals surface area contributed by atoms with Crippen molar-refractivity contribution >= 4 is 108 Å². The molecule has 0 fully saturated rings. The maximum atomic E-state index is 9.14. The summed E-state index contributed by atoms with van der Waals surface area (Å²) >= 11 is 9.50. The zero-order chi connectivity index (χ0) is 32.3. The van der Waals surface area contributed by atoms with Gasteiger partial charge in [-0.05, 0) is 26.0 Å². The average Bonchev–Trinajstić information content (AvgIpc) is 3.87. The third kappa shape index (κ3) is 4.77. The Balaban J connectivity index is 1.30. The topological polar surface area (TPSA) is 148 Å². The SMILES string of the molecule is COc1cc(N=C(C#N)C#N)sc1-c1cc2sc3c(c2s1)OC(C)(C)c1c-3sc2cc(-c3sc(N=C(C#N)C#N)cc3OC)sc12. The molecule has 0 saturated carbocycles. The Bertz CT molecular complexity index is 2440. The van der Waals surface area contributed by atoms with Gasteiger partial charge in [-0.1, -0.05) is 0 Å². The first-order valence-corrected chi connectivity index (χ1v) is 18.1. The summed E-state index contributed by atoms with van der Waals surface area (Å²) in [4.78, 5) is 14.4. The second-order valence-electron chi connectivity index (χ2n) is 10.1. The van der Waals surface area contributed by atoms with Crippen LogP contribution in [0.1, 0.15) is 19.4 Å². The summed E-state index contributed by atoms with van der Waals surface area (Å²) in [5.41, 5.74) is 0.151. The summed E-state index contributed by atoms with van der Waals surface area (Å²) in [6, 6.07) is 15.0. The van der Waals surface area contributed by atoms with Gasteiger partial charge in [-0.2, -0.15) is 21.0 Å². The molecule has 46 heavy (non-hydrogen) atoms. The summed E-state index contributed by atoms with van der Waals surface area (Å²) in [6.45, 7) is 4.19. The van der Waals surface area contributed by atoms with Gasteiger partial charge in [0.2, 0.25) is 11.4 Å². The van der Waals surface area contributed by atoms with Gasteiger partial charge in [0.25, 0.3) is 0 Å². The zero-order valence-corrected chi connectivity index (χ0v) is 29.1. The number of fused-ring (bicyclic) bond motifs is 7. The van der Waals surface area contributed by atoms with Crippen LogP contribution in [0.5, 0.6) is 17.2 Å². The average molecular weight is 713 g/mol. The molecule has 224 valence electrons. The molecule has 0 aliphatic carbocycles. The first-order valence-electron chi connectivity index (χ1n) is 13.2. The van der Waals surface area contributed by atoms with Crippen molar-refractivity contribution in [3.63, 3.8) is 0 Å². The second kappa shape index (κ2) is 11.3. The van der Waals surface area contributed by atoms with E-state index in [1.54, 1.807) is 83.8 Å². The third-order valence-electron chi connectivity index (χ3n) is 6.98. The van der Waals surface area contributed by atoms with Crippen molar-refractivity contribution in [1.82, 2.24) is 0 Å². The number of rotatable bonds is 6. The highest BCUT2D eigenvalue weighted by Crippen LogP contribution is 2.62.